The molecule has 3 aromatic carbocycles. The zero-order valence-corrected chi connectivity index (χ0v) is 14.9. The summed E-state index contributed by atoms with van der Waals surface area (Å²) in [6, 6.07) is 23.7. The normalized spacial score (nSPS) is 10.5. The number of carbonyl (C=O) groups is 1. The standard InChI is InChI=1S/C22H20ClNO/c1-16-15-20(11-12-21(16)23)24-14-13-22(25)19-9-7-18(8-10-19)17-5-3-2-4-6-17/h2-12,15,24H,13-14H2,1H3. The fourth-order valence-electron chi connectivity index (χ4n) is 2.70. The second-order valence-electron chi connectivity index (χ2n) is 6.01. The summed E-state index contributed by atoms with van der Waals surface area (Å²) in [6.07, 6.45) is 0.451. The molecule has 0 heterocycles. The number of hydrogen-bond acceptors (Lipinski definition) is 2. The lowest BCUT2D eigenvalue weighted by molar-refractivity contribution is 0.0986. The third kappa shape index (κ3) is 4.49. The smallest absolute Gasteiger partial charge is 0.164 e. The van der Waals surface area contributed by atoms with Crippen LogP contribution in [0, 0.1) is 6.92 Å². The molecular weight excluding hydrogens is 330 g/mol. The van der Waals surface area contributed by atoms with Crippen LogP contribution in [0.2, 0.25) is 5.02 Å². The third-order valence-corrected chi connectivity index (χ3v) is 4.58. The van der Waals surface area contributed by atoms with Crippen LogP contribution < -0.4 is 5.32 Å². The van der Waals surface area contributed by atoms with Gasteiger partial charge in [-0.25, -0.2) is 0 Å². The molecule has 0 saturated carbocycles. The minimum Gasteiger partial charge on any atom is -0.385 e. The molecule has 126 valence electrons. The number of anilines is 1. The molecule has 0 aliphatic heterocycles. The average Bonchev–Trinajstić information content (AvgIpc) is 2.65. The summed E-state index contributed by atoms with van der Waals surface area (Å²) in [4.78, 5) is 12.3. The van der Waals surface area contributed by atoms with Crippen LogP contribution in [0.25, 0.3) is 11.1 Å². The van der Waals surface area contributed by atoms with Gasteiger partial charge in [-0.1, -0.05) is 66.2 Å². The molecule has 2 nitrogen and oxygen atoms in total. The van der Waals surface area contributed by atoms with E-state index in [0.29, 0.717) is 13.0 Å². The molecule has 0 spiro atoms. The molecule has 3 rings (SSSR count). The number of rotatable bonds is 6. The van der Waals surface area contributed by atoms with Gasteiger partial charge in [0.05, 0.1) is 0 Å². The largest absolute Gasteiger partial charge is 0.385 e. The number of carbonyl (C=O) groups excluding carboxylic acids is 1. The van der Waals surface area contributed by atoms with Crippen LogP contribution in [0.1, 0.15) is 22.3 Å². The fourth-order valence-corrected chi connectivity index (χ4v) is 2.82. The van der Waals surface area contributed by atoms with Crippen molar-refractivity contribution >= 4 is 23.1 Å². The second-order valence-corrected chi connectivity index (χ2v) is 6.41. The Morgan fingerprint density at radius 1 is 0.920 bits per heavy atom. The molecule has 0 fully saturated rings. The summed E-state index contributed by atoms with van der Waals surface area (Å²) < 4.78 is 0. The Kier molecular flexibility index (Phi) is 5.52. The first kappa shape index (κ1) is 17.2. The molecule has 3 aromatic rings. The van der Waals surface area contributed by atoms with Gasteiger partial charge in [-0.05, 0) is 41.8 Å². The van der Waals surface area contributed by atoms with Gasteiger partial charge in [0.15, 0.2) is 5.78 Å². The number of nitrogens with one attached hydrogen (secondary N) is 1. The van der Waals surface area contributed by atoms with Crippen LogP contribution in [0.4, 0.5) is 5.69 Å². The van der Waals surface area contributed by atoms with Gasteiger partial charge in [-0.15, -0.1) is 0 Å². The molecule has 0 aliphatic rings. The highest BCUT2D eigenvalue weighted by atomic mass is 35.5. The van der Waals surface area contributed by atoms with Crippen LogP contribution in [0.15, 0.2) is 72.8 Å². The highest BCUT2D eigenvalue weighted by Crippen LogP contribution is 2.21. The number of ketones is 1. The summed E-state index contributed by atoms with van der Waals surface area (Å²) in [5.41, 5.74) is 5.02. The van der Waals surface area contributed by atoms with E-state index in [2.05, 4.69) is 17.4 Å². The molecule has 0 bridgehead atoms. The number of halogens is 1. The van der Waals surface area contributed by atoms with Gasteiger partial charge in [0.1, 0.15) is 0 Å². The Bertz CT molecular complexity index is 857. The number of aryl methyl sites for hydroxylation is 1. The van der Waals surface area contributed by atoms with Crippen LogP contribution in [0.5, 0.6) is 0 Å². The maximum absolute atomic E-state index is 12.3. The fraction of sp³-hybridized carbons (Fsp3) is 0.136. The summed E-state index contributed by atoms with van der Waals surface area (Å²) in [6.45, 7) is 2.56. The number of hydrogen-bond donors (Lipinski definition) is 1. The zero-order valence-electron chi connectivity index (χ0n) is 14.1. The van der Waals surface area contributed by atoms with E-state index in [-0.39, 0.29) is 5.78 Å². The molecule has 0 aromatic heterocycles. The molecule has 0 amide bonds. The van der Waals surface area contributed by atoms with Gasteiger partial charge in [0.25, 0.3) is 0 Å². The minimum atomic E-state index is 0.137. The van der Waals surface area contributed by atoms with Crippen molar-refractivity contribution in [3.8, 4) is 11.1 Å². The maximum Gasteiger partial charge on any atom is 0.164 e. The molecule has 1 N–H and O–H groups in total. The Hall–Kier alpha value is -2.58. The average molecular weight is 350 g/mol. The molecule has 0 atom stereocenters. The molecule has 25 heavy (non-hydrogen) atoms. The van der Waals surface area contributed by atoms with Crippen molar-refractivity contribution < 1.29 is 4.79 Å². The van der Waals surface area contributed by atoms with Gasteiger partial charge >= 0.3 is 0 Å². The van der Waals surface area contributed by atoms with E-state index in [1.54, 1.807) is 0 Å². The Labute approximate surface area is 153 Å². The third-order valence-electron chi connectivity index (χ3n) is 4.15. The second kappa shape index (κ2) is 8.00. The monoisotopic (exact) mass is 349 g/mol. The highest BCUT2D eigenvalue weighted by Gasteiger charge is 2.06. The van der Waals surface area contributed by atoms with Crippen molar-refractivity contribution in [1.29, 1.82) is 0 Å². The number of benzene rings is 3. The van der Waals surface area contributed by atoms with Crippen molar-refractivity contribution in [3.05, 3.63) is 88.9 Å². The van der Waals surface area contributed by atoms with Crippen molar-refractivity contribution in [2.75, 3.05) is 11.9 Å². The van der Waals surface area contributed by atoms with Gasteiger partial charge in [-0.3, -0.25) is 4.79 Å². The number of Topliss-reactive ketones (excluding diaryl/α,β-unsaturated/α-hetero) is 1. The molecule has 0 saturated heterocycles. The maximum atomic E-state index is 12.3. The highest BCUT2D eigenvalue weighted by molar-refractivity contribution is 6.31. The van der Waals surface area contributed by atoms with Crippen LogP contribution in [-0.4, -0.2) is 12.3 Å². The van der Waals surface area contributed by atoms with Crippen molar-refractivity contribution in [1.82, 2.24) is 0 Å². The van der Waals surface area contributed by atoms with Gasteiger partial charge in [-0.2, -0.15) is 0 Å². The minimum absolute atomic E-state index is 0.137. The quantitative estimate of drug-likeness (QED) is 0.553. The first-order valence-corrected chi connectivity index (χ1v) is 8.70. The molecule has 0 aliphatic carbocycles. The lowest BCUT2D eigenvalue weighted by Gasteiger charge is -2.08. The Morgan fingerprint density at radius 2 is 1.60 bits per heavy atom. The van der Waals surface area contributed by atoms with Crippen LogP contribution in [0.3, 0.4) is 0 Å². The van der Waals surface area contributed by atoms with Crippen molar-refractivity contribution in [3.63, 3.8) is 0 Å². The summed E-state index contributed by atoms with van der Waals surface area (Å²) in [5.74, 6) is 0.137. The predicted molar refractivity (Wildman–Crippen MR) is 106 cm³/mol. The molecular formula is C22H20ClNO. The molecule has 0 radical (unpaired) electrons. The van der Waals surface area contributed by atoms with Gasteiger partial charge in [0, 0.05) is 29.2 Å². The SMILES string of the molecule is Cc1cc(NCCC(=O)c2ccc(-c3ccccc3)cc2)ccc1Cl. The van der Waals surface area contributed by atoms with E-state index in [4.69, 9.17) is 11.6 Å². The topological polar surface area (TPSA) is 29.1 Å². The first-order chi connectivity index (χ1) is 12.1. The van der Waals surface area contributed by atoms with Crippen LogP contribution >= 0.6 is 11.6 Å². The van der Waals surface area contributed by atoms with Gasteiger partial charge < -0.3 is 5.32 Å². The Balaban J connectivity index is 1.57. The lowest BCUT2D eigenvalue weighted by atomic mass is 10.0. The van der Waals surface area contributed by atoms with E-state index < -0.39 is 0 Å². The van der Waals surface area contributed by atoms with E-state index >= 15 is 0 Å². The zero-order chi connectivity index (χ0) is 17.6. The first-order valence-electron chi connectivity index (χ1n) is 8.32. The van der Waals surface area contributed by atoms with E-state index in [1.165, 1.54) is 0 Å². The van der Waals surface area contributed by atoms with E-state index in [9.17, 15) is 4.79 Å². The summed E-state index contributed by atoms with van der Waals surface area (Å²) >= 11 is 6.02. The summed E-state index contributed by atoms with van der Waals surface area (Å²) in [5, 5.41) is 4.02. The van der Waals surface area contributed by atoms with Crippen molar-refractivity contribution in [2.24, 2.45) is 0 Å². The lowest BCUT2D eigenvalue weighted by Crippen LogP contribution is -2.09. The predicted octanol–water partition coefficient (Wildman–Crippen LogP) is 6.00. The summed E-state index contributed by atoms with van der Waals surface area (Å²) in [7, 11) is 0. The Morgan fingerprint density at radius 3 is 2.28 bits per heavy atom. The van der Waals surface area contributed by atoms with Crippen molar-refractivity contribution in [2.45, 2.75) is 13.3 Å². The molecule has 3 heteroatoms. The van der Waals surface area contributed by atoms with Crippen LogP contribution in [-0.2, 0) is 0 Å². The van der Waals surface area contributed by atoms with Gasteiger partial charge in [0.2, 0.25) is 0 Å². The molecule has 0 unspecified atom stereocenters. The van der Waals surface area contributed by atoms with E-state index in [0.717, 1.165) is 33.0 Å². The van der Waals surface area contributed by atoms with E-state index in [1.807, 2.05) is 67.6 Å².